The Morgan fingerprint density at radius 1 is 0.458 bits per heavy atom. The van der Waals surface area contributed by atoms with E-state index in [0.717, 1.165) is 83.5 Å². The third-order valence-corrected chi connectivity index (χ3v) is 14.4. The number of allylic oxidation sites excluding steroid dienone is 10. The Bertz CT molecular complexity index is 1420. The highest BCUT2D eigenvalue weighted by Gasteiger charge is 2.51. The molecule has 1 rings (SSSR count). The number of rotatable bonds is 50. The summed E-state index contributed by atoms with van der Waals surface area (Å²) in [6, 6.07) is 0. The van der Waals surface area contributed by atoms with Crippen LogP contribution in [0.3, 0.4) is 0 Å². The van der Waals surface area contributed by atoms with Gasteiger partial charge in [0, 0.05) is 13.0 Å². The maximum atomic E-state index is 12.9. The normalized spacial score (nSPS) is 21.1. The molecule has 420 valence electrons. The number of hydrogen-bond acceptors (Lipinski definition) is 11. The minimum Gasteiger partial charge on any atom is -0.457 e. The molecule has 1 aliphatic rings. The zero-order valence-corrected chi connectivity index (χ0v) is 46.4. The van der Waals surface area contributed by atoms with Crippen LogP contribution in [0.15, 0.2) is 60.8 Å². The predicted molar refractivity (Wildman–Crippen MR) is 295 cm³/mol. The Kier molecular flexibility index (Phi) is 46.0. The molecule has 13 heteroatoms. The van der Waals surface area contributed by atoms with Gasteiger partial charge in [-0.05, 0) is 57.8 Å². The summed E-state index contributed by atoms with van der Waals surface area (Å²) in [6.07, 6.45) is 51.4. The van der Waals surface area contributed by atoms with Crippen LogP contribution in [0.4, 0.5) is 0 Å². The largest absolute Gasteiger partial charge is 0.472 e. The summed E-state index contributed by atoms with van der Waals surface area (Å²) >= 11 is 0. The molecular weight excluding hydrogens is 932 g/mol. The van der Waals surface area contributed by atoms with E-state index in [1.807, 2.05) is 0 Å². The van der Waals surface area contributed by atoms with Crippen LogP contribution in [0, 0.1) is 0 Å². The number of hydrogen-bond donors (Lipinski definition) is 6. The maximum absolute atomic E-state index is 12.9. The number of phosphoric acid groups is 1. The molecule has 0 radical (unpaired) electrons. The monoisotopic (exact) mass is 1040 g/mol. The number of aliphatic hydroxyl groups excluding tert-OH is 5. The topological polar surface area (TPSA) is 192 Å². The molecule has 12 nitrogen and oxygen atoms in total. The van der Waals surface area contributed by atoms with Crippen LogP contribution in [0.25, 0.3) is 0 Å². The van der Waals surface area contributed by atoms with Crippen molar-refractivity contribution in [3.8, 4) is 0 Å². The third-order valence-electron chi connectivity index (χ3n) is 13.4. The van der Waals surface area contributed by atoms with Crippen LogP contribution >= 0.6 is 7.82 Å². The lowest BCUT2D eigenvalue weighted by Gasteiger charge is -2.41. The van der Waals surface area contributed by atoms with Crippen molar-refractivity contribution in [3.05, 3.63) is 60.8 Å². The van der Waals surface area contributed by atoms with Crippen LogP contribution < -0.4 is 0 Å². The van der Waals surface area contributed by atoms with E-state index in [4.69, 9.17) is 18.5 Å². The van der Waals surface area contributed by atoms with Crippen LogP contribution in [-0.2, 0) is 27.9 Å². The number of aliphatic hydroxyl groups is 5. The summed E-state index contributed by atoms with van der Waals surface area (Å²) in [6.45, 7) is 4.17. The molecule has 0 aromatic rings. The lowest BCUT2D eigenvalue weighted by Crippen LogP contribution is -2.64. The van der Waals surface area contributed by atoms with Crippen molar-refractivity contribution in [2.75, 3.05) is 19.8 Å². The van der Waals surface area contributed by atoms with Crippen molar-refractivity contribution in [2.45, 2.75) is 288 Å². The van der Waals surface area contributed by atoms with Gasteiger partial charge in [-0.3, -0.25) is 13.8 Å². The zero-order valence-electron chi connectivity index (χ0n) is 45.5. The molecule has 1 fully saturated rings. The molecule has 0 aliphatic heterocycles. The van der Waals surface area contributed by atoms with E-state index in [9.17, 15) is 39.8 Å². The number of unbranched alkanes of at least 4 members (excludes halogenated alkanes) is 28. The molecule has 0 amide bonds. The van der Waals surface area contributed by atoms with Gasteiger partial charge in [-0.25, -0.2) is 4.57 Å². The number of carbonyl (C=O) groups is 1. The molecule has 1 aliphatic carbocycles. The average molecular weight is 1040 g/mol. The molecule has 0 saturated heterocycles. The van der Waals surface area contributed by atoms with Crippen molar-refractivity contribution >= 4 is 13.8 Å². The van der Waals surface area contributed by atoms with Crippen molar-refractivity contribution in [1.29, 1.82) is 0 Å². The fourth-order valence-corrected chi connectivity index (χ4v) is 9.83. The van der Waals surface area contributed by atoms with Gasteiger partial charge in [-0.15, -0.1) is 0 Å². The first-order valence-corrected chi connectivity index (χ1v) is 30.6. The molecule has 0 aromatic heterocycles. The summed E-state index contributed by atoms with van der Waals surface area (Å²) in [7, 11) is -5.03. The molecule has 0 heterocycles. The Morgan fingerprint density at radius 3 is 1.25 bits per heavy atom. The van der Waals surface area contributed by atoms with Crippen LogP contribution in [0.5, 0.6) is 0 Å². The van der Waals surface area contributed by atoms with Gasteiger partial charge in [0.05, 0.1) is 13.2 Å². The highest BCUT2D eigenvalue weighted by atomic mass is 31.2. The van der Waals surface area contributed by atoms with Gasteiger partial charge in [0.15, 0.2) is 0 Å². The molecule has 72 heavy (non-hydrogen) atoms. The van der Waals surface area contributed by atoms with Gasteiger partial charge in [0.2, 0.25) is 0 Å². The third kappa shape index (κ3) is 39.5. The molecule has 0 spiro atoms. The van der Waals surface area contributed by atoms with Crippen molar-refractivity contribution < 1.29 is 58.3 Å². The van der Waals surface area contributed by atoms with Gasteiger partial charge in [0.1, 0.15) is 42.7 Å². The zero-order chi connectivity index (χ0) is 52.6. The summed E-state index contributed by atoms with van der Waals surface area (Å²) in [5, 5.41) is 50.4. The van der Waals surface area contributed by atoms with Crippen molar-refractivity contribution in [3.63, 3.8) is 0 Å². The summed E-state index contributed by atoms with van der Waals surface area (Å²) in [5.41, 5.74) is 0. The highest BCUT2D eigenvalue weighted by molar-refractivity contribution is 7.47. The SMILES string of the molecule is CC/C=C\C/C=C\C/C=C\C/C=C\C/C=C\CCCCCCCCCCOCC(COP(=O)(O)OC1C(O)C(O)C(O)C(O)C1O)OC(=O)CCCCCCCCCCCCCCCCCCCCCCC. The number of carbonyl (C=O) groups excluding carboxylic acids is 1. The second-order valence-electron chi connectivity index (χ2n) is 20.1. The van der Waals surface area contributed by atoms with Crippen LogP contribution in [0.2, 0.25) is 0 Å². The molecular formula is C59H107O12P. The minimum atomic E-state index is -5.03. The van der Waals surface area contributed by atoms with E-state index in [1.165, 1.54) is 135 Å². The van der Waals surface area contributed by atoms with E-state index >= 15 is 0 Å². The van der Waals surface area contributed by atoms with E-state index < -0.39 is 63.1 Å². The quantitative estimate of drug-likeness (QED) is 0.0146. The Morgan fingerprint density at radius 2 is 0.819 bits per heavy atom. The molecule has 0 aromatic carbocycles. The maximum Gasteiger partial charge on any atom is 0.472 e. The second kappa shape index (κ2) is 48.7. The van der Waals surface area contributed by atoms with E-state index in [-0.39, 0.29) is 13.0 Å². The Balaban J connectivity index is 2.29. The van der Waals surface area contributed by atoms with Gasteiger partial charge in [0.25, 0.3) is 0 Å². The van der Waals surface area contributed by atoms with Crippen LogP contribution in [-0.4, -0.2) is 98.9 Å². The lowest BCUT2D eigenvalue weighted by atomic mass is 9.85. The Hall–Kier alpha value is -1.96. The van der Waals surface area contributed by atoms with E-state index in [1.54, 1.807) is 0 Å². The highest BCUT2D eigenvalue weighted by Crippen LogP contribution is 2.47. The first-order chi connectivity index (χ1) is 35.0. The number of esters is 1. The number of phosphoric ester groups is 1. The van der Waals surface area contributed by atoms with Crippen molar-refractivity contribution in [1.82, 2.24) is 0 Å². The average Bonchev–Trinajstić information content (AvgIpc) is 3.37. The molecule has 6 unspecified atom stereocenters. The van der Waals surface area contributed by atoms with Gasteiger partial charge in [-0.2, -0.15) is 0 Å². The summed E-state index contributed by atoms with van der Waals surface area (Å²) in [5.74, 6) is -0.477. The first kappa shape index (κ1) is 68.1. The number of ether oxygens (including phenoxy) is 2. The molecule has 1 saturated carbocycles. The smallest absolute Gasteiger partial charge is 0.457 e. The molecule has 6 N–H and O–H groups in total. The fourth-order valence-electron chi connectivity index (χ4n) is 8.86. The Labute approximate surface area is 438 Å². The fraction of sp³-hybridized carbons (Fsp3) is 0.814. The second-order valence-corrected chi connectivity index (χ2v) is 21.5. The summed E-state index contributed by atoms with van der Waals surface area (Å²) < 4.78 is 34.4. The van der Waals surface area contributed by atoms with E-state index in [2.05, 4.69) is 74.6 Å². The van der Waals surface area contributed by atoms with Crippen LogP contribution in [0.1, 0.15) is 245 Å². The predicted octanol–water partition coefficient (Wildman–Crippen LogP) is 14.1. The summed E-state index contributed by atoms with van der Waals surface area (Å²) in [4.78, 5) is 23.3. The minimum absolute atomic E-state index is 0.0821. The van der Waals surface area contributed by atoms with Crippen molar-refractivity contribution in [2.24, 2.45) is 0 Å². The standard InChI is InChI=1S/C59H107O12P/c1-3-5-7-9-11-13-15-17-19-21-23-25-26-27-29-31-33-35-37-39-41-43-45-47-49-68-50-52(51-69-72(66,67)71-59-57(64)55(62)54(61)56(63)58(59)65)70-53(60)48-46-44-42-40-38-36-34-32-30-28-24-22-20-18-16-14-12-10-8-6-4-2/h5,7,11,13,17,19,23,25,27,29,52,54-59,61-65H,3-4,6,8-10,12,14-16,18,20-22,24,26,28,30-51H2,1-2H3,(H,66,67)/b7-5-,13-11-,19-17-,25-23-,29-27-. The lowest BCUT2D eigenvalue weighted by molar-refractivity contribution is -0.220. The molecule has 0 bridgehead atoms. The van der Waals surface area contributed by atoms with Gasteiger partial charge in [-0.1, -0.05) is 242 Å². The van der Waals surface area contributed by atoms with Gasteiger partial charge >= 0.3 is 13.8 Å². The first-order valence-electron chi connectivity index (χ1n) is 29.1. The van der Waals surface area contributed by atoms with E-state index in [0.29, 0.717) is 13.0 Å². The molecule has 6 atom stereocenters. The van der Waals surface area contributed by atoms with Gasteiger partial charge < -0.3 is 39.9 Å².